The number of nitrogens with one attached hydrogen (secondary N) is 1. The quantitative estimate of drug-likeness (QED) is 0.894. The van der Waals surface area contributed by atoms with Crippen LogP contribution < -0.4 is 10.2 Å². The highest BCUT2D eigenvalue weighted by Gasteiger charge is 2.12. The zero-order valence-electron chi connectivity index (χ0n) is 14.9. The normalized spacial score (nSPS) is 14.2. The summed E-state index contributed by atoms with van der Waals surface area (Å²) in [5.74, 6) is 0. The molecule has 2 aromatic rings. The van der Waals surface area contributed by atoms with E-state index in [1.807, 2.05) is 37.4 Å². The molecule has 0 unspecified atom stereocenters. The third kappa shape index (κ3) is 4.99. The number of amides is 2. The van der Waals surface area contributed by atoms with Gasteiger partial charge in [-0.05, 0) is 42.5 Å². The average Bonchev–Trinajstić information content (AvgIpc) is 2.68. The summed E-state index contributed by atoms with van der Waals surface area (Å²) in [5.41, 5.74) is 3.55. The Labute approximate surface area is 150 Å². The van der Waals surface area contributed by atoms with Crippen LogP contribution in [0.25, 0.3) is 0 Å². The number of urea groups is 1. The first-order chi connectivity index (χ1) is 12.2. The fourth-order valence-corrected chi connectivity index (χ4v) is 3.22. The van der Waals surface area contributed by atoms with Crippen LogP contribution in [-0.2, 0) is 13.1 Å². The second kappa shape index (κ2) is 8.56. The third-order valence-electron chi connectivity index (χ3n) is 4.71. The van der Waals surface area contributed by atoms with Gasteiger partial charge in [0.25, 0.3) is 0 Å². The molecule has 25 heavy (non-hydrogen) atoms. The molecule has 1 aliphatic rings. The summed E-state index contributed by atoms with van der Waals surface area (Å²) in [5, 5.41) is 2.96. The summed E-state index contributed by atoms with van der Waals surface area (Å²) in [4.78, 5) is 16.4. The largest absolute Gasteiger partial charge is 0.372 e. The summed E-state index contributed by atoms with van der Waals surface area (Å²) in [6.07, 6.45) is 3.91. The summed E-state index contributed by atoms with van der Waals surface area (Å²) in [6.45, 7) is 3.47. The van der Waals surface area contributed by atoms with Gasteiger partial charge < -0.3 is 15.1 Å². The Balaban J connectivity index is 1.49. The molecular weight excluding hydrogens is 310 g/mol. The molecule has 0 aliphatic carbocycles. The molecule has 1 saturated heterocycles. The van der Waals surface area contributed by atoms with Gasteiger partial charge in [0.15, 0.2) is 0 Å². The van der Waals surface area contributed by atoms with E-state index in [1.165, 1.54) is 24.9 Å². The molecular formula is C21H27N3O. The highest BCUT2D eigenvalue weighted by Crippen LogP contribution is 2.20. The fraction of sp³-hybridized carbons (Fsp3) is 0.381. The lowest BCUT2D eigenvalue weighted by Gasteiger charge is -2.29. The number of hydrogen-bond acceptors (Lipinski definition) is 2. The molecule has 0 atom stereocenters. The lowest BCUT2D eigenvalue weighted by molar-refractivity contribution is 0.206. The third-order valence-corrected chi connectivity index (χ3v) is 4.71. The molecule has 1 N–H and O–H groups in total. The van der Waals surface area contributed by atoms with Crippen LogP contribution in [0.3, 0.4) is 0 Å². The van der Waals surface area contributed by atoms with E-state index in [0.29, 0.717) is 13.1 Å². The Hall–Kier alpha value is -2.49. The van der Waals surface area contributed by atoms with Crippen molar-refractivity contribution in [3.63, 3.8) is 0 Å². The fourth-order valence-electron chi connectivity index (χ4n) is 3.22. The molecule has 0 spiro atoms. The monoisotopic (exact) mass is 337 g/mol. The molecule has 0 radical (unpaired) electrons. The first-order valence-corrected chi connectivity index (χ1v) is 9.09. The standard InChI is InChI=1S/C21H27N3O/c1-23(21(25)22-16-18-8-4-2-5-9-18)17-19-10-12-20(13-11-19)24-14-6-3-7-15-24/h2,4-5,8-13H,3,6-7,14-17H2,1H3,(H,22,25). The predicted molar refractivity (Wildman–Crippen MR) is 103 cm³/mol. The van der Waals surface area contributed by atoms with E-state index < -0.39 is 0 Å². The lowest BCUT2D eigenvalue weighted by atomic mass is 10.1. The first kappa shape index (κ1) is 17.3. The van der Waals surface area contributed by atoms with Crippen LogP contribution in [0.5, 0.6) is 0 Å². The van der Waals surface area contributed by atoms with E-state index in [-0.39, 0.29) is 6.03 Å². The molecule has 3 rings (SSSR count). The first-order valence-electron chi connectivity index (χ1n) is 9.09. The molecule has 0 bridgehead atoms. The molecule has 1 heterocycles. The molecule has 1 aliphatic heterocycles. The van der Waals surface area contributed by atoms with E-state index in [4.69, 9.17) is 0 Å². The van der Waals surface area contributed by atoms with E-state index in [1.54, 1.807) is 4.90 Å². The van der Waals surface area contributed by atoms with Crippen molar-refractivity contribution in [2.24, 2.45) is 0 Å². The molecule has 132 valence electrons. The zero-order valence-corrected chi connectivity index (χ0v) is 14.9. The van der Waals surface area contributed by atoms with Crippen molar-refractivity contribution < 1.29 is 4.79 Å². The van der Waals surface area contributed by atoms with Gasteiger partial charge in [-0.15, -0.1) is 0 Å². The molecule has 4 heteroatoms. The topological polar surface area (TPSA) is 35.6 Å². The number of carbonyl (C=O) groups excluding carboxylic acids is 1. The van der Waals surface area contributed by atoms with Crippen molar-refractivity contribution in [1.29, 1.82) is 0 Å². The molecule has 0 aromatic heterocycles. The summed E-state index contributed by atoms with van der Waals surface area (Å²) in [6, 6.07) is 18.5. The van der Waals surface area contributed by atoms with Crippen molar-refractivity contribution in [2.45, 2.75) is 32.4 Å². The minimum absolute atomic E-state index is 0.0519. The van der Waals surface area contributed by atoms with Crippen molar-refractivity contribution >= 4 is 11.7 Å². The van der Waals surface area contributed by atoms with Gasteiger partial charge >= 0.3 is 6.03 Å². The summed E-state index contributed by atoms with van der Waals surface area (Å²) >= 11 is 0. The van der Waals surface area contributed by atoms with Crippen molar-refractivity contribution in [1.82, 2.24) is 10.2 Å². The van der Waals surface area contributed by atoms with Crippen molar-refractivity contribution in [3.8, 4) is 0 Å². The van der Waals surface area contributed by atoms with Crippen LogP contribution >= 0.6 is 0 Å². The number of hydrogen-bond donors (Lipinski definition) is 1. The molecule has 1 fully saturated rings. The predicted octanol–water partition coefficient (Wildman–Crippen LogP) is 4.02. The minimum Gasteiger partial charge on any atom is -0.372 e. The second-order valence-electron chi connectivity index (χ2n) is 6.71. The SMILES string of the molecule is CN(Cc1ccc(N2CCCCC2)cc1)C(=O)NCc1ccccc1. The number of anilines is 1. The smallest absolute Gasteiger partial charge is 0.317 e. The molecule has 4 nitrogen and oxygen atoms in total. The number of carbonyl (C=O) groups is 1. The number of benzene rings is 2. The van der Waals surface area contributed by atoms with Crippen molar-refractivity contribution in [2.75, 3.05) is 25.0 Å². The Morgan fingerprint density at radius 1 is 0.960 bits per heavy atom. The van der Waals surface area contributed by atoms with Gasteiger partial charge in [-0.1, -0.05) is 42.5 Å². The maximum atomic E-state index is 12.2. The Morgan fingerprint density at radius 2 is 1.64 bits per heavy atom. The average molecular weight is 337 g/mol. The van der Waals surface area contributed by atoms with Gasteiger partial charge in [-0.2, -0.15) is 0 Å². The number of piperidine rings is 1. The Bertz CT molecular complexity index is 663. The van der Waals surface area contributed by atoms with Gasteiger partial charge in [-0.3, -0.25) is 0 Å². The van der Waals surface area contributed by atoms with Crippen molar-refractivity contribution in [3.05, 3.63) is 65.7 Å². The summed E-state index contributed by atoms with van der Waals surface area (Å²) < 4.78 is 0. The summed E-state index contributed by atoms with van der Waals surface area (Å²) in [7, 11) is 1.83. The number of rotatable bonds is 5. The van der Waals surface area contributed by atoms with Crippen LogP contribution in [-0.4, -0.2) is 31.1 Å². The van der Waals surface area contributed by atoms with Crippen LogP contribution in [0.15, 0.2) is 54.6 Å². The Kier molecular flexibility index (Phi) is 5.94. The number of nitrogens with zero attached hydrogens (tertiary/aromatic N) is 2. The van der Waals surface area contributed by atoms with Gasteiger partial charge in [0.1, 0.15) is 0 Å². The van der Waals surface area contributed by atoms with Crippen LogP contribution in [0.2, 0.25) is 0 Å². The Morgan fingerprint density at radius 3 is 2.32 bits per heavy atom. The van der Waals surface area contributed by atoms with E-state index in [2.05, 4.69) is 34.5 Å². The zero-order chi connectivity index (χ0) is 17.5. The van der Waals surface area contributed by atoms with Gasteiger partial charge in [-0.25, -0.2) is 4.79 Å². The molecule has 2 amide bonds. The van der Waals surface area contributed by atoms with E-state index >= 15 is 0 Å². The van der Waals surface area contributed by atoms with Gasteiger partial charge in [0.2, 0.25) is 0 Å². The molecule has 0 saturated carbocycles. The highest BCUT2D eigenvalue weighted by molar-refractivity contribution is 5.73. The van der Waals surface area contributed by atoms with Crippen LogP contribution in [0, 0.1) is 0 Å². The van der Waals surface area contributed by atoms with Crippen LogP contribution in [0.4, 0.5) is 10.5 Å². The maximum Gasteiger partial charge on any atom is 0.317 e. The van der Waals surface area contributed by atoms with Gasteiger partial charge in [0.05, 0.1) is 0 Å². The minimum atomic E-state index is -0.0519. The van der Waals surface area contributed by atoms with Crippen LogP contribution in [0.1, 0.15) is 30.4 Å². The lowest BCUT2D eigenvalue weighted by Crippen LogP contribution is -2.36. The second-order valence-corrected chi connectivity index (χ2v) is 6.71. The van der Waals surface area contributed by atoms with E-state index in [9.17, 15) is 4.79 Å². The molecule has 2 aromatic carbocycles. The highest BCUT2D eigenvalue weighted by atomic mass is 16.2. The van der Waals surface area contributed by atoms with Gasteiger partial charge in [0, 0.05) is 38.9 Å². The van der Waals surface area contributed by atoms with E-state index in [0.717, 1.165) is 24.2 Å². The maximum absolute atomic E-state index is 12.2.